The fourth-order valence-electron chi connectivity index (χ4n) is 1.71. The van der Waals surface area contributed by atoms with Crippen molar-refractivity contribution < 1.29 is 23.1 Å². The summed E-state index contributed by atoms with van der Waals surface area (Å²) in [5, 5.41) is 0.601. The molecule has 2 rings (SSSR count). The summed E-state index contributed by atoms with van der Waals surface area (Å²) in [6, 6.07) is 3.94. The molecule has 2 aromatic rings. The van der Waals surface area contributed by atoms with Crippen LogP contribution in [0.2, 0.25) is 0 Å². The van der Waals surface area contributed by atoms with Crippen LogP contribution in [0.1, 0.15) is 23.0 Å². The third kappa shape index (κ3) is 1.99. The first kappa shape index (κ1) is 12.3. The number of halogens is 1. The van der Waals surface area contributed by atoms with Crippen molar-refractivity contribution in [2.45, 2.75) is 13.8 Å². The minimum Gasteiger partial charge on any atom is -0.460 e. The first-order chi connectivity index (χ1) is 8.54. The number of fused-ring (bicyclic) bond motifs is 1. The fraction of sp³-hybridized carbons (Fsp3) is 0.231. The molecule has 1 aromatic carbocycles. The number of carbonyl (C=O) groups is 2. The van der Waals surface area contributed by atoms with Crippen LogP contribution in [0.15, 0.2) is 22.6 Å². The second-order valence-electron chi connectivity index (χ2n) is 3.75. The Balaban J connectivity index is 2.49. The van der Waals surface area contributed by atoms with Crippen LogP contribution in [0, 0.1) is 12.7 Å². The topological polar surface area (TPSA) is 56.5 Å². The van der Waals surface area contributed by atoms with E-state index in [0.717, 1.165) is 0 Å². The molecule has 18 heavy (non-hydrogen) atoms. The number of ketones is 1. The van der Waals surface area contributed by atoms with Gasteiger partial charge < -0.3 is 9.15 Å². The Morgan fingerprint density at radius 1 is 1.39 bits per heavy atom. The van der Waals surface area contributed by atoms with Gasteiger partial charge in [-0.3, -0.25) is 4.79 Å². The van der Waals surface area contributed by atoms with Crippen LogP contribution in [-0.4, -0.2) is 18.4 Å². The molecule has 1 aromatic heterocycles. The predicted molar refractivity (Wildman–Crippen MR) is 61.9 cm³/mol. The van der Waals surface area contributed by atoms with Gasteiger partial charge in [0.1, 0.15) is 11.4 Å². The molecule has 0 spiro atoms. The molecule has 0 fully saturated rings. The monoisotopic (exact) mass is 250 g/mol. The first-order valence-electron chi connectivity index (χ1n) is 5.44. The van der Waals surface area contributed by atoms with Gasteiger partial charge in [0.15, 0.2) is 5.76 Å². The highest BCUT2D eigenvalue weighted by atomic mass is 19.1. The molecule has 94 valence electrons. The lowest BCUT2D eigenvalue weighted by molar-refractivity contribution is -0.137. The number of benzene rings is 1. The minimum absolute atomic E-state index is 0.103. The average Bonchev–Trinajstić information content (AvgIpc) is 2.65. The minimum atomic E-state index is -0.972. The van der Waals surface area contributed by atoms with E-state index in [2.05, 4.69) is 4.74 Å². The van der Waals surface area contributed by atoms with Gasteiger partial charge in [-0.1, -0.05) is 0 Å². The van der Waals surface area contributed by atoms with Crippen molar-refractivity contribution in [1.29, 1.82) is 0 Å². The zero-order chi connectivity index (χ0) is 13.3. The largest absolute Gasteiger partial charge is 0.460 e. The third-order valence-corrected chi connectivity index (χ3v) is 2.57. The van der Waals surface area contributed by atoms with Crippen LogP contribution >= 0.6 is 0 Å². The molecular formula is C13H11FO4. The maximum absolute atomic E-state index is 13.0. The van der Waals surface area contributed by atoms with E-state index in [0.29, 0.717) is 10.9 Å². The normalized spacial score (nSPS) is 10.6. The molecule has 0 aliphatic heterocycles. The number of Topliss-reactive ketones (excluding diaryl/α,β-unsaturated/α-hetero) is 1. The lowest BCUT2D eigenvalue weighted by Crippen LogP contribution is -2.17. The summed E-state index contributed by atoms with van der Waals surface area (Å²) < 4.78 is 22.9. The number of furan rings is 1. The molecule has 1 heterocycles. The van der Waals surface area contributed by atoms with Gasteiger partial charge in [0.05, 0.1) is 6.61 Å². The standard InChI is InChI=1S/C13H11FO4/c1-3-17-13(16)11(15)12-7(2)9-5-4-8(14)6-10(9)18-12/h4-6H,3H2,1-2H3. The van der Waals surface area contributed by atoms with E-state index in [1.165, 1.54) is 18.2 Å². The van der Waals surface area contributed by atoms with Gasteiger partial charge in [0.25, 0.3) is 0 Å². The molecule has 0 atom stereocenters. The quantitative estimate of drug-likeness (QED) is 0.477. The van der Waals surface area contributed by atoms with Crippen molar-refractivity contribution >= 4 is 22.7 Å². The summed E-state index contributed by atoms with van der Waals surface area (Å²) in [4.78, 5) is 23.1. The van der Waals surface area contributed by atoms with Gasteiger partial charge in [-0.2, -0.15) is 0 Å². The van der Waals surface area contributed by atoms with Crippen molar-refractivity contribution in [3.8, 4) is 0 Å². The molecular weight excluding hydrogens is 239 g/mol. The second-order valence-corrected chi connectivity index (χ2v) is 3.75. The van der Waals surface area contributed by atoms with Gasteiger partial charge in [0.2, 0.25) is 0 Å². The summed E-state index contributed by atoms with van der Waals surface area (Å²) >= 11 is 0. The van der Waals surface area contributed by atoms with Crippen molar-refractivity contribution in [2.24, 2.45) is 0 Å². The first-order valence-corrected chi connectivity index (χ1v) is 5.44. The molecule has 0 saturated carbocycles. The van der Waals surface area contributed by atoms with Crippen LogP contribution in [0.25, 0.3) is 11.0 Å². The van der Waals surface area contributed by atoms with E-state index < -0.39 is 17.6 Å². The predicted octanol–water partition coefficient (Wildman–Crippen LogP) is 2.63. The van der Waals surface area contributed by atoms with E-state index in [9.17, 15) is 14.0 Å². The lowest BCUT2D eigenvalue weighted by atomic mass is 10.1. The second kappa shape index (κ2) is 4.60. The summed E-state index contributed by atoms with van der Waals surface area (Å²) in [5.41, 5.74) is 0.739. The van der Waals surface area contributed by atoms with E-state index >= 15 is 0 Å². The Hall–Kier alpha value is -2.17. The number of esters is 1. The molecule has 0 N–H and O–H groups in total. The fourth-order valence-corrected chi connectivity index (χ4v) is 1.71. The number of carbonyl (C=O) groups excluding carboxylic acids is 2. The Labute approximate surface area is 102 Å². The van der Waals surface area contributed by atoms with Gasteiger partial charge in [-0.15, -0.1) is 0 Å². The molecule has 0 bridgehead atoms. The lowest BCUT2D eigenvalue weighted by Gasteiger charge is -1.98. The van der Waals surface area contributed by atoms with Gasteiger partial charge in [-0.05, 0) is 26.0 Å². The number of rotatable bonds is 3. The Kier molecular flexibility index (Phi) is 3.14. The third-order valence-electron chi connectivity index (χ3n) is 2.57. The van der Waals surface area contributed by atoms with E-state index in [1.54, 1.807) is 13.8 Å². The molecule has 0 radical (unpaired) electrons. The highest BCUT2D eigenvalue weighted by Crippen LogP contribution is 2.26. The summed E-state index contributed by atoms with van der Waals surface area (Å²) in [6.45, 7) is 3.35. The molecule has 4 nitrogen and oxygen atoms in total. The highest BCUT2D eigenvalue weighted by molar-refractivity contribution is 6.40. The van der Waals surface area contributed by atoms with Gasteiger partial charge in [-0.25, -0.2) is 9.18 Å². The zero-order valence-corrected chi connectivity index (χ0v) is 9.95. The van der Waals surface area contributed by atoms with Crippen molar-refractivity contribution in [2.75, 3.05) is 6.61 Å². The van der Waals surface area contributed by atoms with Gasteiger partial charge in [0, 0.05) is 17.0 Å². The molecule has 0 saturated heterocycles. The number of hydrogen-bond donors (Lipinski definition) is 0. The number of aryl methyl sites for hydroxylation is 1. The number of hydrogen-bond acceptors (Lipinski definition) is 4. The van der Waals surface area contributed by atoms with E-state index in [-0.39, 0.29) is 18.0 Å². The molecule has 0 aliphatic rings. The van der Waals surface area contributed by atoms with Crippen LogP contribution in [-0.2, 0) is 9.53 Å². The van der Waals surface area contributed by atoms with Crippen LogP contribution in [0.3, 0.4) is 0 Å². The molecule has 5 heteroatoms. The summed E-state index contributed by atoms with van der Waals surface area (Å²) in [6.07, 6.45) is 0. The maximum Gasteiger partial charge on any atom is 0.383 e. The molecule has 0 unspecified atom stereocenters. The smallest absolute Gasteiger partial charge is 0.383 e. The van der Waals surface area contributed by atoms with Crippen molar-refractivity contribution in [3.63, 3.8) is 0 Å². The van der Waals surface area contributed by atoms with Crippen molar-refractivity contribution in [3.05, 3.63) is 35.3 Å². The zero-order valence-electron chi connectivity index (χ0n) is 9.95. The van der Waals surface area contributed by atoms with Crippen molar-refractivity contribution in [1.82, 2.24) is 0 Å². The Bertz CT molecular complexity index is 627. The van der Waals surface area contributed by atoms with Crippen LogP contribution in [0.5, 0.6) is 0 Å². The average molecular weight is 250 g/mol. The highest BCUT2D eigenvalue weighted by Gasteiger charge is 2.25. The van der Waals surface area contributed by atoms with Crippen LogP contribution in [0.4, 0.5) is 4.39 Å². The molecule has 0 amide bonds. The SMILES string of the molecule is CCOC(=O)C(=O)c1oc2cc(F)ccc2c1C. The van der Waals surface area contributed by atoms with E-state index in [1.807, 2.05) is 0 Å². The number of ether oxygens (including phenoxy) is 1. The summed E-state index contributed by atoms with van der Waals surface area (Å²) in [5.74, 6) is -2.40. The Morgan fingerprint density at radius 3 is 2.78 bits per heavy atom. The van der Waals surface area contributed by atoms with Gasteiger partial charge >= 0.3 is 11.8 Å². The maximum atomic E-state index is 13.0. The summed E-state index contributed by atoms with van der Waals surface area (Å²) in [7, 11) is 0. The van der Waals surface area contributed by atoms with Crippen LogP contribution < -0.4 is 0 Å². The molecule has 0 aliphatic carbocycles. The Morgan fingerprint density at radius 2 is 2.11 bits per heavy atom. The van der Waals surface area contributed by atoms with E-state index in [4.69, 9.17) is 4.42 Å².